The SMILES string of the molecule is CCCCC/C=C\C/C=C\C/C=C\CCCCCCCCC(=O)OC(COCCCCCCCCCC/C=C\C/C=C\CCCCC)COP(=O)(O)OCCN. The summed E-state index contributed by atoms with van der Waals surface area (Å²) < 4.78 is 33.5. The number of allylic oxidation sites excluding steroid dienone is 10. The van der Waals surface area contributed by atoms with Crippen LogP contribution in [0.15, 0.2) is 60.8 Å². The molecule has 0 aromatic rings. The smallest absolute Gasteiger partial charge is 0.457 e. The third-order valence-electron chi connectivity index (χ3n) is 9.41. The van der Waals surface area contributed by atoms with Crippen molar-refractivity contribution in [1.29, 1.82) is 0 Å². The van der Waals surface area contributed by atoms with Crippen molar-refractivity contribution >= 4 is 13.8 Å². The molecule has 0 bridgehead atoms. The van der Waals surface area contributed by atoms with Crippen LogP contribution in [0.2, 0.25) is 0 Å². The molecule has 0 fully saturated rings. The number of hydrogen-bond acceptors (Lipinski definition) is 7. The minimum atomic E-state index is -4.29. The van der Waals surface area contributed by atoms with E-state index in [1.54, 1.807) is 0 Å². The molecule has 0 aliphatic heterocycles. The molecule has 56 heavy (non-hydrogen) atoms. The fourth-order valence-electron chi connectivity index (χ4n) is 6.03. The molecule has 0 aliphatic carbocycles. The maximum absolute atomic E-state index is 12.6. The highest BCUT2D eigenvalue weighted by molar-refractivity contribution is 7.47. The van der Waals surface area contributed by atoms with E-state index in [-0.39, 0.29) is 32.3 Å². The first-order chi connectivity index (χ1) is 27.4. The lowest BCUT2D eigenvalue weighted by Crippen LogP contribution is -2.28. The Hall–Kier alpha value is -1.80. The molecule has 326 valence electrons. The number of phosphoric acid groups is 1. The second-order valence-electron chi connectivity index (χ2n) is 14.9. The van der Waals surface area contributed by atoms with E-state index in [9.17, 15) is 14.3 Å². The van der Waals surface area contributed by atoms with Gasteiger partial charge in [0, 0.05) is 19.6 Å². The van der Waals surface area contributed by atoms with Crippen LogP contribution in [-0.4, -0.2) is 49.9 Å². The molecule has 0 radical (unpaired) electrons. The Morgan fingerprint density at radius 1 is 0.536 bits per heavy atom. The number of hydrogen-bond donors (Lipinski definition) is 2. The van der Waals surface area contributed by atoms with Crippen LogP contribution in [0, 0.1) is 0 Å². The van der Waals surface area contributed by atoms with Crippen molar-refractivity contribution in [3.05, 3.63) is 60.8 Å². The summed E-state index contributed by atoms with van der Waals surface area (Å²) in [5.74, 6) is -0.346. The first kappa shape index (κ1) is 54.2. The van der Waals surface area contributed by atoms with E-state index in [1.165, 1.54) is 109 Å². The van der Waals surface area contributed by atoms with Gasteiger partial charge in [-0.1, -0.05) is 164 Å². The largest absolute Gasteiger partial charge is 0.472 e. The van der Waals surface area contributed by atoms with Gasteiger partial charge in [0.15, 0.2) is 0 Å². The highest BCUT2D eigenvalue weighted by Gasteiger charge is 2.25. The van der Waals surface area contributed by atoms with E-state index in [1.807, 2.05) is 0 Å². The van der Waals surface area contributed by atoms with Crippen LogP contribution < -0.4 is 5.73 Å². The number of carbonyl (C=O) groups is 1. The number of nitrogens with two attached hydrogens (primary N) is 1. The standard InChI is InChI=1S/C47H86NO7P/c1-3-5-7-9-11-13-15-17-19-21-23-24-26-28-30-32-34-36-38-40-47(49)55-46(45-54-56(50,51)53-43-41-48)44-52-42-39-37-35-33-31-29-27-25-22-20-18-16-14-12-10-8-6-4-2/h11-14,17-20,23-24,46H,3-10,15-16,21-22,25-45,48H2,1-2H3,(H,50,51)/b13-11-,14-12-,19-17-,20-18-,24-23-. The average molecular weight is 808 g/mol. The third kappa shape index (κ3) is 43.3. The van der Waals surface area contributed by atoms with E-state index in [0.717, 1.165) is 64.2 Å². The molecular weight excluding hydrogens is 721 g/mol. The Morgan fingerprint density at radius 2 is 0.946 bits per heavy atom. The quantitative estimate of drug-likeness (QED) is 0.0271. The van der Waals surface area contributed by atoms with Gasteiger partial charge in [-0.15, -0.1) is 0 Å². The van der Waals surface area contributed by atoms with Gasteiger partial charge in [-0.2, -0.15) is 0 Å². The fraction of sp³-hybridized carbons (Fsp3) is 0.766. The average Bonchev–Trinajstić information content (AvgIpc) is 3.19. The molecule has 0 heterocycles. The van der Waals surface area contributed by atoms with E-state index in [2.05, 4.69) is 74.6 Å². The fourth-order valence-corrected chi connectivity index (χ4v) is 6.80. The lowest BCUT2D eigenvalue weighted by molar-refractivity contribution is -0.154. The molecule has 0 aromatic heterocycles. The normalized spacial score (nSPS) is 14.0. The summed E-state index contributed by atoms with van der Waals surface area (Å²) in [4.78, 5) is 22.5. The molecule has 0 amide bonds. The Labute approximate surface area is 344 Å². The zero-order valence-electron chi connectivity index (χ0n) is 36.1. The van der Waals surface area contributed by atoms with Crippen LogP contribution in [0.5, 0.6) is 0 Å². The summed E-state index contributed by atoms with van der Waals surface area (Å²) in [6.45, 7) is 4.84. The van der Waals surface area contributed by atoms with Crippen molar-refractivity contribution in [3.63, 3.8) is 0 Å². The van der Waals surface area contributed by atoms with Crippen LogP contribution >= 0.6 is 7.82 Å². The lowest BCUT2D eigenvalue weighted by atomic mass is 10.1. The van der Waals surface area contributed by atoms with Gasteiger partial charge in [0.2, 0.25) is 0 Å². The molecule has 9 heteroatoms. The molecule has 2 atom stereocenters. The second kappa shape index (κ2) is 44.3. The Kier molecular flexibility index (Phi) is 42.9. The van der Waals surface area contributed by atoms with E-state index in [4.69, 9.17) is 24.3 Å². The van der Waals surface area contributed by atoms with Crippen molar-refractivity contribution in [2.75, 3.05) is 33.0 Å². The van der Waals surface area contributed by atoms with Crippen molar-refractivity contribution in [2.45, 2.75) is 200 Å². The Balaban J connectivity index is 4.06. The van der Waals surface area contributed by atoms with Gasteiger partial charge >= 0.3 is 13.8 Å². The summed E-state index contributed by atoms with van der Waals surface area (Å²) in [6, 6.07) is 0. The van der Waals surface area contributed by atoms with E-state index < -0.39 is 13.9 Å². The van der Waals surface area contributed by atoms with Gasteiger partial charge < -0.3 is 20.1 Å². The topological polar surface area (TPSA) is 117 Å². The van der Waals surface area contributed by atoms with Crippen LogP contribution in [0.3, 0.4) is 0 Å². The molecule has 0 saturated carbocycles. The maximum atomic E-state index is 12.6. The third-order valence-corrected chi connectivity index (χ3v) is 10.4. The number of phosphoric ester groups is 1. The van der Waals surface area contributed by atoms with Crippen molar-refractivity contribution in [3.8, 4) is 0 Å². The molecule has 0 spiro atoms. The van der Waals surface area contributed by atoms with Gasteiger partial charge in [0.1, 0.15) is 6.10 Å². The molecular formula is C47H86NO7P. The van der Waals surface area contributed by atoms with Crippen LogP contribution in [0.4, 0.5) is 0 Å². The predicted octanol–water partition coefficient (Wildman–Crippen LogP) is 13.8. The van der Waals surface area contributed by atoms with Crippen LogP contribution in [0.1, 0.15) is 194 Å². The molecule has 0 saturated heterocycles. The highest BCUT2D eigenvalue weighted by Crippen LogP contribution is 2.43. The van der Waals surface area contributed by atoms with Crippen LogP contribution in [-0.2, 0) is 27.9 Å². The summed E-state index contributed by atoms with van der Waals surface area (Å²) in [5.41, 5.74) is 5.37. The number of esters is 1. The van der Waals surface area contributed by atoms with Gasteiger partial charge in [-0.3, -0.25) is 13.8 Å². The van der Waals surface area contributed by atoms with Gasteiger partial charge in [0.25, 0.3) is 0 Å². The summed E-state index contributed by atoms with van der Waals surface area (Å²) in [7, 11) is -4.29. The van der Waals surface area contributed by atoms with Crippen LogP contribution in [0.25, 0.3) is 0 Å². The molecule has 3 N–H and O–H groups in total. The van der Waals surface area contributed by atoms with Crippen molar-refractivity contribution in [2.24, 2.45) is 5.73 Å². The van der Waals surface area contributed by atoms with Gasteiger partial charge in [-0.25, -0.2) is 4.57 Å². The lowest BCUT2D eigenvalue weighted by Gasteiger charge is -2.20. The molecule has 0 rings (SSSR count). The minimum Gasteiger partial charge on any atom is -0.457 e. The summed E-state index contributed by atoms with van der Waals surface area (Å²) >= 11 is 0. The van der Waals surface area contributed by atoms with Gasteiger partial charge in [0.05, 0.1) is 19.8 Å². The Morgan fingerprint density at radius 3 is 1.41 bits per heavy atom. The summed E-state index contributed by atoms with van der Waals surface area (Å²) in [5, 5.41) is 0. The molecule has 2 unspecified atom stereocenters. The maximum Gasteiger partial charge on any atom is 0.472 e. The molecule has 8 nitrogen and oxygen atoms in total. The molecule has 0 aromatic carbocycles. The van der Waals surface area contributed by atoms with Gasteiger partial charge in [-0.05, 0) is 83.5 Å². The van der Waals surface area contributed by atoms with E-state index >= 15 is 0 Å². The second-order valence-corrected chi connectivity index (χ2v) is 16.4. The Bertz CT molecular complexity index is 1040. The molecule has 0 aliphatic rings. The minimum absolute atomic E-state index is 0.0945. The first-order valence-corrected chi connectivity index (χ1v) is 24.3. The number of ether oxygens (including phenoxy) is 2. The predicted molar refractivity (Wildman–Crippen MR) is 238 cm³/mol. The highest BCUT2D eigenvalue weighted by atomic mass is 31.2. The zero-order chi connectivity index (χ0) is 40.9. The number of rotatable bonds is 43. The summed E-state index contributed by atoms with van der Waals surface area (Å²) in [6.07, 6.45) is 53.7. The van der Waals surface area contributed by atoms with Crippen molar-refractivity contribution in [1.82, 2.24) is 0 Å². The van der Waals surface area contributed by atoms with Crippen molar-refractivity contribution < 1.29 is 32.8 Å². The number of unbranched alkanes of at least 4 members (excludes halogenated alkanes) is 20. The monoisotopic (exact) mass is 808 g/mol. The van der Waals surface area contributed by atoms with E-state index in [0.29, 0.717) is 13.0 Å². The zero-order valence-corrected chi connectivity index (χ0v) is 37.0. The number of carbonyl (C=O) groups excluding carboxylic acids is 1. The first-order valence-electron chi connectivity index (χ1n) is 22.8.